The predicted octanol–water partition coefficient (Wildman–Crippen LogP) is 1.89. The van der Waals surface area contributed by atoms with Crippen LogP contribution in [0.25, 0.3) is 22.4 Å². The van der Waals surface area contributed by atoms with Crippen molar-refractivity contribution in [1.29, 1.82) is 0 Å². The normalized spacial score (nSPS) is 14.5. The Kier molecular flexibility index (Phi) is 7.36. The molecule has 1 aromatic carbocycles. The van der Waals surface area contributed by atoms with Crippen LogP contribution >= 0.6 is 0 Å². The molecule has 2 N–H and O–H groups in total. The fourth-order valence-corrected chi connectivity index (χ4v) is 3.83. The summed E-state index contributed by atoms with van der Waals surface area (Å²) in [4.78, 5) is 33.2. The van der Waals surface area contributed by atoms with Crippen LogP contribution in [0.1, 0.15) is 32.4 Å². The second kappa shape index (κ2) is 10.6. The molecule has 3 aromatic rings. The topological polar surface area (TPSA) is 114 Å². The highest BCUT2D eigenvalue weighted by molar-refractivity contribution is 5.81. The smallest absolute Gasteiger partial charge is 0.279 e. The van der Waals surface area contributed by atoms with Crippen LogP contribution in [-0.2, 0) is 22.5 Å². The first-order chi connectivity index (χ1) is 16.1. The van der Waals surface area contributed by atoms with Crippen molar-refractivity contribution in [2.75, 3.05) is 32.9 Å². The van der Waals surface area contributed by atoms with E-state index >= 15 is 0 Å². The van der Waals surface area contributed by atoms with Crippen LogP contribution in [0.2, 0.25) is 0 Å². The third-order valence-corrected chi connectivity index (χ3v) is 5.38. The Balaban J connectivity index is 1.68. The molecule has 4 rings (SSSR count). The summed E-state index contributed by atoms with van der Waals surface area (Å²) in [5.74, 6) is 0.891. The number of nitrogens with one attached hydrogen (secondary N) is 2. The highest BCUT2D eigenvalue weighted by atomic mass is 16.5. The van der Waals surface area contributed by atoms with Crippen molar-refractivity contribution in [3.63, 3.8) is 0 Å². The number of carbonyl (C=O) groups is 1. The maximum absolute atomic E-state index is 12.9. The molecule has 0 saturated carbocycles. The molecule has 10 heteroatoms. The predicted molar refractivity (Wildman–Crippen MR) is 124 cm³/mol. The van der Waals surface area contributed by atoms with Gasteiger partial charge in [-0.3, -0.25) is 19.7 Å². The minimum absolute atomic E-state index is 0.00796. The molecule has 3 heterocycles. The number of ether oxygens (including phenoxy) is 2. The molecule has 0 bridgehead atoms. The second-order valence-corrected chi connectivity index (χ2v) is 7.95. The van der Waals surface area contributed by atoms with Gasteiger partial charge < -0.3 is 14.5 Å². The molecule has 0 aliphatic carbocycles. The lowest BCUT2D eigenvalue weighted by Gasteiger charge is -2.26. The van der Waals surface area contributed by atoms with Crippen LogP contribution in [0.4, 0.5) is 0 Å². The van der Waals surface area contributed by atoms with Gasteiger partial charge in [-0.25, -0.2) is 9.99 Å². The number of amides is 1. The molecule has 1 saturated heterocycles. The molecule has 0 atom stereocenters. The summed E-state index contributed by atoms with van der Waals surface area (Å²) < 4.78 is 12.8. The van der Waals surface area contributed by atoms with E-state index in [1.807, 2.05) is 43.1 Å². The number of para-hydroxylation sites is 1. The Hall–Kier alpha value is -3.24. The minimum Gasteiger partial charge on any atom is -0.493 e. The van der Waals surface area contributed by atoms with E-state index in [1.165, 1.54) is 0 Å². The number of carbonyl (C=O) groups excluding carboxylic acids is 1. The molecule has 1 aliphatic rings. The lowest BCUT2D eigenvalue weighted by atomic mass is 10.1. The molecule has 0 radical (unpaired) electrons. The first-order valence-corrected chi connectivity index (χ1v) is 11.4. The molecule has 176 valence electrons. The van der Waals surface area contributed by atoms with E-state index < -0.39 is 0 Å². The van der Waals surface area contributed by atoms with Crippen LogP contribution in [0.3, 0.4) is 0 Å². The van der Waals surface area contributed by atoms with Crippen LogP contribution in [0.5, 0.6) is 5.75 Å². The van der Waals surface area contributed by atoms with Gasteiger partial charge in [-0.2, -0.15) is 5.10 Å². The molecule has 0 spiro atoms. The Labute approximate surface area is 191 Å². The maximum atomic E-state index is 12.9. The van der Waals surface area contributed by atoms with Crippen LogP contribution in [-0.4, -0.2) is 63.6 Å². The standard InChI is InChI=1S/C23H30N6O4/c1-3-7-17-20-21(27-29(17)15-19(30)26-28-10-13-32-14-11-28)23(31)25-22(24-20)16-8-5-6-9-18(16)33-12-4-2/h5-6,8-9H,3-4,7,10-15H2,1-2H3,(H,26,30)(H,24,25,31). The number of rotatable bonds is 9. The molecule has 2 aromatic heterocycles. The number of fused-ring (bicyclic) bond motifs is 1. The Morgan fingerprint density at radius 1 is 1.18 bits per heavy atom. The number of morpholine rings is 1. The molecule has 1 aliphatic heterocycles. The number of aryl methyl sites for hydroxylation is 1. The van der Waals surface area contributed by atoms with E-state index in [-0.39, 0.29) is 23.5 Å². The molecule has 1 fully saturated rings. The second-order valence-electron chi connectivity index (χ2n) is 7.95. The summed E-state index contributed by atoms with van der Waals surface area (Å²) >= 11 is 0. The van der Waals surface area contributed by atoms with Crippen molar-refractivity contribution < 1.29 is 14.3 Å². The van der Waals surface area contributed by atoms with Gasteiger partial charge in [-0.1, -0.05) is 32.4 Å². The third-order valence-electron chi connectivity index (χ3n) is 5.38. The first-order valence-electron chi connectivity index (χ1n) is 11.4. The van der Waals surface area contributed by atoms with Gasteiger partial charge in [-0.05, 0) is 25.0 Å². The molecule has 0 unspecified atom stereocenters. The fraction of sp³-hybridized carbons (Fsp3) is 0.478. The quantitative estimate of drug-likeness (QED) is 0.507. The number of hydrogen-bond acceptors (Lipinski definition) is 7. The molecular weight excluding hydrogens is 424 g/mol. The number of H-pyrrole nitrogens is 1. The van der Waals surface area contributed by atoms with Gasteiger partial charge >= 0.3 is 0 Å². The Bertz CT molecular complexity index is 1170. The molecule has 33 heavy (non-hydrogen) atoms. The summed E-state index contributed by atoms with van der Waals surface area (Å²) in [5, 5.41) is 6.28. The lowest BCUT2D eigenvalue weighted by molar-refractivity contribution is -0.128. The monoisotopic (exact) mass is 454 g/mol. The first kappa shape index (κ1) is 22.9. The summed E-state index contributed by atoms with van der Waals surface area (Å²) in [6.07, 6.45) is 2.34. The van der Waals surface area contributed by atoms with Gasteiger partial charge in [0.1, 0.15) is 23.6 Å². The fourth-order valence-electron chi connectivity index (χ4n) is 3.83. The van der Waals surface area contributed by atoms with Gasteiger partial charge in [0.05, 0.1) is 31.1 Å². The minimum atomic E-state index is -0.343. The van der Waals surface area contributed by atoms with Crippen molar-refractivity contribution >= 4 is 16.9 Å². The largest absolute Gasteiger partial charge is 0.493 e. The van der Waals surface area contributed by atoms with E-state index in [9.17, 15) is 9.59 Å². The zero-order chi connectivity index (χ0) is 23.2. The number of benzene rings is 1. The van der Waals surface area contributed by atoms with Crippen molar-refractivity contribution in [2.24, 2.45) is 0 Å². The third kappa shape index (κ3) is 5.23. The van der Waals surface area contributed by atoms with Crippen molar-refractivity contribution in [2.45, 2.75) is 39.7 Å². The van der Waals surface area contributed by atoms with Crippen LogP contribution in [0.15, 0.2) is 29.1 Å². The van der Waals surface area contributed by atoms with E-state index in [4.69, 9.17) is 14.5 Å². The van der Waals surface area contributed by atoms with Gasteiger partial charge in [0.15, 0.2) is 5.52 Å². The highest BCUT2D eigenvalue weighted by Crippen LogP contribution is 2.28. The summed E-state index contributed by atoms with van der Waals surface area (Å²) in [5.41, 5.74) is 4.77. The molecular formula is C23H30N6O4. The summed E-state index contributed by atoms with van der Waals surface area (Å²) in [6, 6.07) is 7.50. The van der Waals surface area contributed by atoms with Gasteiger partial charge in [0.25, 0.3) is 11.5 Å². The number of hydrogen-bond donors (Lipinski definition) is 2. The van der Waals surface area contributed by atoms with E-state index in [0.717, 1.165) is 18.5 Å². The SMILES string of the molecule is CCCOc1ccccc1-c1nc2c(CCC)n(CC(=O)NN3CCOCC3)nc2c(=O)[nH]1. The van der Waals surface area contributed by atoms with Gasteiger partial charge in [-0.15, -0.1) is 0 Å². The Morgan fingerprint density at radius 2 is 1.97 bits per heavy atom. The highest BCUT2D eigenvalue weighted by Gasteiger charge is 2.21. The van der Waals surface area contributed by atoms with Crippen LogP contribution < -0.4 is 15.7 Å². The molecule has 1 amide bonds. The van der Waals surface area contributed by atoms with Gasteiger partial charge in [0.2, 0.25) is 0 Å². The van der Waals surface area contributed by atoms with E-state index in [1.54, 1.807) is 4.68 Å². The lowest BCUT2D eigenvalue weighted by Crippen LogP contribution is -2.49. The average molecular weight is 455 g/mol. The maximum Gasteiger partial charge on any atom is 0.279 e. The number of nitrogens with zero attached hydrogens (tertiary/aromatic N) is 4. The van der Waals surface area contributed by atoms with Gasteiger partial charge in [0, 0.05) is 13.1 Å². The number of aromatic nitrogens is 4. The van der Waals surface area contributed by atoms with E-state index in [0.29, 0.717) is 62.0 Å². The Morgan fingerprint density at radius 3 is 2.73 bits per heavy atom. The van der Waals surface area contributed by atoms with Crippen molar-refractivity contribution in [3.05, 3.63) is 40.3 Å². The molecule has 10 nitrogen and oxygen atoms in total. The summed E-state index contributed by atoms with van der Waals surface area (Å²) in [6.45, 7) is 7.09. The van der Waals surface area contributed by atoms with E-state index in [2.05, 4.69) is 15.5 Å². The van der Waals surface area contributed by atoms with Crippen molar-refractivity contribution in [1.82, 2.24) is 30.2 Å². The average Bonchev–Trinajstić information content (AvgIpc) is 3.16. The number of hydrazine groups is 1. The van der Waals surface area contributed by atoms with Crippen molar-refractivity contribution in [3.8, 4) is 17.1 Å². The zero-order valence-electron chi connectivity index (χ0n) is 19.1. The van der Waals surface area contributed by atoms with Crippen LogP contribution in [0, 0.1) is 0 Å². The summed E-state index contributed by atoms with van der Waals surface area (Å²) in [7, 11) is 0. The number of aromatic amines is 1. The zero-order valence-corrected chi connectivity index (χ0v) is 19.1.